The zero-order valence-corrected chi connectivity index (χ0v) is 21.5. The molecule has 5 aliphatic rings. The Hall–Kier alpha value is -2.35. The highest BCUT2D eigenvalue weighted by Crippen LogP contribution is 2.36. The van der Waals surface area contributed by atoms with Gasteiger partial charge < -0.3 is 25.5 Å². The first kappa shape index (κ1) is 24.0. The lowest BCUT2D eigenvalue weighted by Gasteiger charge is -2.49. The van der Waals surface area contributed by atoms with Gasteiger partial charge in [-0.15, -0.1) is 0 Å². The second-order valence-corrected chi connectivity index (χ2v) is 11.4. The molecule has 1 unspecified atom stereocenters. The van der Waals surface area contributed by atoms with Crippen LogP contribution in [0.4, 0.5) is 0 Å². The fraction of sp³-hybridized carbons (Fsp3) is 0.621. The average Bonchev–Trinajstić information content (AvgIpc) is 3.08. The van der Waals surface area contributed by atoms with Crippen molar-refractivity contribution in [2.24, 2.45) is 10.9 Å². The van der Waals surface area contributed by atoms with Gasteiger partial charge >= 0.3 is 0 Å². The van der Waals surface area contributed by atoms with Crippen molar-refractivity contribution in [3.8, 4) is 5.75 Å². The predicted octanol–water partition coefficient (Wildman–Crippen LogP) is 2.38. The summed E-state index contributed by atoms with van der Waals surface area (Å²) in [5.41, 5.74) is 3.18. The second-order valence-electron chi connectivity index (χ2n) is 11.4. The van der Waals surface area contributed by atoms with E-state index in [1.165, 1.54) is 64.1 Å². The Kier molecular flexibility index (Phi) is 7.04. The van der Waals surface area contributed by atoms with Gasteiger partial charge in [0, 0.05) is 50.2 Å². The van der Waals surface area contributed by atoms with Crippen molar-refractivity contribution in [2.45, 2.75) is 43.7 Å². The van der Waals surface area contributed by atoms with Gasteiger partial charge in [-0.2, -0.15) is 0 Å². The number of aromatic hydroxyl groups is 1. The molecule has 0 spiro atoms. The van der Waals surface area contributed by atoms with E-state index in [2.05, 4.69) is 38.0 Å². The van der Waals surface area contributed by atoms with Crippen molar-refractivity contribution in [2.75, 3.05) is 65.4 Å². The Morgan fingerprint density at radius 1 is 1.00 bits per heavy atom. The molecule has 5 heterocycles. The molecule has 3 fully saturated rings. The molecular weight excluding hydrogens is 448 g/mol. The van der Waals surface area contributed by atoms with Crippen molar-refractivity contribution >= 4 is 5.84 Å². The molecule has 0 radical (unpaired) electrons. The second kappa shape index (κ2) is 10.6. The van der Waals surface area contributed by atoms with E-state index >= 15 is 0 Å². The fourth-order valence-corrected chi connectivity index (χ4v) is 6.96. The van der Waals surface area contributed by atoms with Gasteiger partial charge in [-0.1, -0.05) is 24.8 Å². The number of hydrogen-bond acceptors (Lipinski definition) is 7. The summed E-state index contributed by atoms with van der Waals surface area (Å²) in [5, 5.41) is 17.6. The number of rotatable bonds is 4. The molecule has 7 heteroatoms. The van der Waals surface area contributed by atoms with Crippen LogP contribution in [0.15, 0.2) is 53.2 Å². The molecule has 194 valence electrons. The standard InChI is InChI=1S/C29H42N6O/c1-21-17-31-29-27(16-26(21)25-4-2-3-5-28(25)36)35-15-14-34(20-24(35)18-32-29)23-8-12-33(13-9-23)19-22-6-10-30-11-7-22/h2-5,16,22-24,26,30,36H,1,6-15,17-20H2,(H,31,32)/t24-,26?/m0/s1. The molecule has 0 aliphatic carbocycles. The molecule has 0 aromatic heterocycles. The minimum absolute atomic E-state index is 0.0116. The van der Waals surface area contributed by atoms with Crippen LogP contribution in [0.25, 0.3) is 0 Å². The number of aliphatic imine (C=N–C) groups is 1. The van der Waals surface area contributed by atoms with Crippen LogP contribution in [-0.2, 0) is 0 Å². The van der Waals surface area contributed by atoms with E-state index in [9.17, 15) is 5.11 Å². The first-order chi connectivity index (χ1) is 17.7. The van der Waals surface area contributed by atoms with E-state index in [1.54, 1.807) is 6.07 Å². The number of nitrogens with one attached hydrogen (secondary N) is 2. The molecule has 0 bridgehead atoms. The third kappa shape index (κ3) is 4.93. The number of para-hydroxylation sites is 1. The minimum atomic E-state index is -0.0116. The molecule has 0 saturated carbocycles. The van der Waals surface area contributed by atoms with Gasteiger partial charge in [0.25, 0.3) is 0 Å². The van der Waals surface area contributed by atoms with Gasteiger partial charge in [0.1, 0.15) is 11.6 Å². The Labute approximate surface area is 215 Å². The molecule has 1 aromatic rings. The quantitative estimate of drug-likeness (QED) is 0.564. The number of piperidine rings is 2. The Morgan fingerprint density at radius 3 is 2.61 bits per heavy atom. The topological polar surface area (TPSA) is 66.4 Å². The van der Waals surface area contributed by atoms with Crippen molar-refractivity contribution in [1.82, 2.24) is 25.3 Å². The first-order valence-electron chi connectivity index (χ1n) is 14.1. The predicted molar refractivity (Wildman–Crippen MR) is 145 cm³/mol. The number of phenols is 1. The highest BCUT2D eigenvalue weighted by molar-refractivity contribution is 5.99. The van der Waals surface area contributed by atoms with Crippen LogP contribution in [0.5, 0.6) is 5.75 Å². The van der Waals surface area contributed by atoms with Crippen LogP contribution in [0.2, 0.25) is 0 Å². The largest absolute Gasteiger partial charge is 0.508 e. The molecule has 7 nitrogen and oxygen atoms in total. The molecule has 0 amide bonds. The first-order valence-corrected chi connectivity index (χ1v) is 14.1. The molecule has 3 N–H and O–H groups in total. The number of hydrogen-bond donors (Lipinski definition) is 3. The number of likely N-dealkylation sites (tertiary alicyclic amines) is 1. The number of piperazine rings is 1. The van der Waals surface area contributed by atoms with Crippen molar-refractivity contribution in [3.05, 3.63) is 53.8 Å². The maximum absolute atomic E-state index is 10.5. The van der Waals surface area contributed by atoms with E-state index < -0.39 is 0 Å². The third-order valence-electron chi connectivity index (χ3n) is 9.09. The molecule has 2 atom stereocenters. The van der Waals surface area contributed by atoms with E-state index in [4.69, 9.17) is 4.99 Å². The molecule has 3 saturated heterocycles. The van der Waals surface area contributed by atoms with Crippen LogP contribution in [0, 0.1) is 5.92 Å². The van der Waals surface area contributed by atoms with Crippen LogP contribution < -0.4 is 10.6 Å². The normalized spacial score (nSPS) is 29.0. The van der Waals surface area contributed by atoms with Crippen molar-refractivity contribution < 1.29 is 5.11 Å². The highest BCUT2D eigenvalue weighted by atomic mass is 16.3. The minimum Gasteiger partial charge on any atom is -0.508 e. The van der Waals surface area contributed by atoms with Gasteiger partial charge in [0.05, 0.1) is 18.3 Å². The van der Waals surface area contributed by atoms with Crippen molar-refractivity contribution in [1.29, 1.82) is 0 Å². The molecule has 5 aliphatic heterocycles. The summed E-state index contributed by atoms with van der Waals surface area (Å²) in [7, 11) is 0. The number of allylic oxidation sites excluding steroid dienone is 1. The van der Waals surface area contributed by atoms with Gasteiger partial charge in [-0.3, -0.25) is 9.89 Å². The van der Waals surface area contributed by atoms with E-state index in [0.29, 0.717) is 24.4 Å². The maximum atomic E-state index is 10.5. The van der Waals surface area contributed by atoms with Gasteiger partial charge in [0.15, 0.2) is 0 Å². The van der Waals surface area contributed by atoms with E-state index in [1.807, 2.05) is 18.2 Å². The Balaban J connectivity index is 1.11. The number of benzene rings is 1. The van der Waals surface area contributed by atoms with E-state index in [-0.39, 0.29) is 5.92 Å². The monoisotopic (exact) mass is 490 g/mol. The summed E-state index contributed by atoms with van der Waals surface area (Å²) >= 11 is 0. The highest BCUT2D eigenvalue weighted by Gasteiger charge is 2.38. The molecule has 6 rings (SSSR count). The van der Waals surface area contributed by atoms with Gasteiger partial charge in [0.2, 0.25) is 0 Å². The van der Waals surface area contributed by atoms with E-state index in [0.717, 1.165) is 49.1 Å². The molecule has 36 heavy (non-hydrogen) atoms. The van der Waals surface area contributed by atoms with Crippen LogP contribution in [-0.4, -0.2) is 103 Å². The zero-order chi connectivity index (χ0) is 24.5. The Morgan fingerprint density at radius 2 is 1.81 bits per heavy atom. The smallest absolute Gasteiger partial charge is 0.144 e. The van der Waals surface area contributed by atoms with Gasteiger partial charge in [-0.25, -0.2) is 0 Å². The lowest BCUT2D eigenvalue weighted by Crippen LogP contribution is -2.60. The Bertz CT molecular complexity index is 1010. The third-order valence-corrected chi connectivity index (χ3v) is 9.09. The number of phenolic OH excluding ortho intramolecular Hbond substituents is 1. The fourth-order valence-electron chi connectivity index (χ4n) is 6.96. The average molecular weight is 491 g/mol. The van der Waals surface area contributed by atoms with Crippen molar-refractivity contribution in [3.63, 3.8) is 0 Å². The number of nitrogens with zero attached hydrogens (tertiary/aromatic N) is 4. The number of amidine groups is 1. The summed E-state index contributed by atoms with van der Waals surface area (Å²) in [4.78, 5) is 13.1. The van der Waals surface area contributed by atoms with Crippen LogP contribution >= 0.6 is 0 Å². The lowest BCUT2D eigenvalue weighted by molar-refractivity contribution is 0.0388. The zero-order valence-electron chi connectivity index (χ0n) is 21.5. The van der Waals surface area contributed by atoms with Crippen LogP contribution in [0.1, 0.15) is 37.2 Å². The summed E-state index contributed by atoms with van der Waals surface area (Å²) in [5.74, 6) is 2.21. The summed E-state index contributed by atoms with van der Waals surface area (Å²) < 4.78 is 0. The van der Waals surface area contributed by atoms with Gasteiger partial charge in [-0.05, 0) is 75.5 Å². The number of fused-ring (bicyclic) bond motifs is 3. The molecular formula is C29H42N6O. The summed E-state index contributed by atoms with van der Waals surface area (Å²) in [6.45, 7) is 15.3. The lowest BCUT2D eigenvalue weighted by atomic mass is 9.90. The van der Waals surface area contributed by atoms with Crippen LogP contribution in [0.3, 0.4) is 0 Å². The maximum Gasteiger partial charge on any atom is 0.144 e. The SMILES string of the molecule is C=C1CNC2=NC[C@H]3CN(C4CCN(CC5CCNCC5)CC4)CCN3C2=CC1c1ccccc1O. The summed E-state index contributed by atoms with van der Waals surface area (Å²) in [6, 6.07) is 8.78. The molecule has 1 aromatic carbocycles. The summed E-state index contributed by atoms with van der Waals surface area (Å²) in [6.07, 6.45) is 7.57.